The molecule has 1 saturated heterocycles. The molecule has 1 aromatic heterocycles. The molecule has 2 atom stereocenters. The summed E-state index contributed by atoms with van der Waals surface area (Å²) in [7, 11) is 1.65. The number of imidazole rings is 1. The summed E-state index contributed by atoms with van der Waals surface area (Å²) in [6.07, 6.45) is -0.566. The lowest BCUT2D eigenvalue weighted by molar-refractivity contribution is -0.127. The van der Waals surface area contributed by atoms with Crippen LogP contribution in [0.2, 0.25) is 0 Å². The van der Waals surface area contributed by atoms with Crippen molar-refractivity contribution in [1.29, 1.82) is 0 Å². The number of carbonyl (C=O) groups excluding carboxylic acids is 2. The first kappa shape index (κ1) is 18.7. The minimum Gasteiger partial charge on any atom is -0.333 e. The van der Waals surface area contributed by atoms with Crippen molar-refractivity contribution >= 4 is 39.9 Å². The van der Waals surface area contributed by atoms with Gasteiger partial charge in [0.1, 0.15) is 0 Å². The third kappa shape index (κ3) is 3.21. The lowest BCUT2D eigenvalue weighted by Crippen LogP contribution is -2.63. The summed E-state index contributed by atoms with van der Waals surface area (Å²) in [4.78, 5) is 40.9. The molecule has 3 amide bonds. The summed E-state index contributed by atoms with van der Waals surface area (Å²) in [5.74, 6) is -0.335. The number of imide groups is 1. The molecule has 0 saturated carbocycles. The Hall–Kier alpha value is -3.33. The van der Waals surface area contributed by atoms with Gasteiger partial charge in [0, 0.05) is 13.6 Å². The molecule has 2 unspecified atom stereocenters. The average molecular weight is 420 g/mol. The van der Waals surface area contributed by atoms with E-state index in [4.69, 9.17) is 4.99 Å². The number of rotatable bonds is 3. The molecule has 152 valence electrons. The van der Waals surface area contributed by atoms with E-state index >= 15 is 0 Å². The number of fused-ring (bicyclic) bond motifs is 2. The predicted octanol–water partition coefficient (Wildman–Crippen LogP) is 2.71. The highest BCUT2D eigenvalue weighted by molar-refractivity contribution is 8.13. The van der Waals surface area contributed by atoms with Crippen molar-refractivity contribution in [2.45, 2.75) is 30.8 Å². The number of carbonyl (C=O) groups is 2. The van der Waals surface area contributed by atoms with Crippen LogP contribution in [0, 0.1) is 6.92 Å². The molecule has 8 nitrogen and oxygen atoms in total. The fourth-order valence-corrected chi connectivity index (χ4v) is 4.70. The Bertz CT molecular complexity index is 1170. The van der Waals surface area contributed by atoms with E-state index in [0.29, 0.717) is 16.9 Å². The van der Waals surface area contributed by atoms with E-state index < -0.39 is 18.2 Å². The first-order chi connectivity index (χ1) is 14.5. The number of H-pyrrole nitrogens is 1. The van der Waals surface area contributed by atoms with E-state index in [1.807, 2.05) is 60.4 Å². The minimum absolute atomic E-state index is 0.335. The van der Waals surface area contributed by atoms with Crippen molar-refractivity contribution in [3.8, 4) is 0 Å². The third-order valence-corrected chi connectivity index (χ3v) is 6.23. The van der Waals surface area contributed by atoms with Gasteiger partial charge in [-0.15, -0.1) is 0 Å². The van der Waals surface area contributed by atoms with Crippen LogP contribution in [0.1, 0.15) is 11.1 Å². The van der Waals surface area contributed by atoms with Gasteiger partial charge in [-0.2, -0.15) is 0 Å². The molecule has 5 rings (SSSR count). The normalized spacial score (nSPS) is 21.1. The molecule has 30 heavy (non-hydrogen) atoms. The van der Waals surface area contributed by atoms with Crippen molar-refractivity contribution in [3.63, 3.8) is 0 Å². The number of hydrogen-bond donors (Lipinski definition) is 2. The van der Waals surface area contributed by atoms with Gasteiger partial charge in [-0.05, 0) is 41.9 Å². The highest BCUT2D eigenvalue weighted by atomic mass is 32.2. The number of aryl methyl sites for hydroxylation is 1. The Morgan fingerprint density at radius 2 is 1.93 bits per heavy atom. The summed E-state index contributed by atoms with van der Waals surface area (Å²) in [5, 5.41) is 3.78. The van der Waals surface area contributed by atoms with Crippen molar-refractivity contribution < 1.29 is 9.59 Å². The molecule has 2 aliphatic rings. The van der Waals surface area contributed by atoms with Crippen LogP contribution in [-0.4, -0.2) is 56.1 Å². The van der Waals surface area contributed by atoms with Gasteiger partial charge in [0.05, 0.1) is 11.0 Å². The van der Waals surface area contributed by atoms with Gasteiger partial charge in [-0.1, -0.05) is 36.4 Å². The molecular formula is C21H20N6O2S. The second-order valence-corrected chi connectivity index (χ2v) is 8.41. The molecule has 3 aromatic rings. The zero-order chi connectivity index (χ0) is 20.8. The SMILES string of the molecule is Cc1ccc2nc(SC3=NC4C(C(=O)NC(=O)N4C)N3Cc3ccccc3)[nH]c2c1. The first-order valence-corrected chi connectivity index (χ1v) is 10.4. The Morgan fingerprint density at radius 1 is 1.13 bits per heavy atom. The van der Waals surface area contributed by atoms with Gasteiger partial charge < -0.3 is 14.8 Å². The van der Waals surface area contributed by atoms with Crippen molar-refractivity contribution in [2.24, 2.45) is 4.99 Å². The van der Waals surface area contributed by atoms with Crippen LogP contribution in [0.4, 0.5) is 4.79 Å². The van der Waals surface area contributed by atoms with Gasteiger partial charge in [0.25, 0.3) is 5.91 Å². The number of nitrogens with zero attached hydrogens (tertiary/aromatic N) is 4. The zero-order valence-corrected chi connectivity index (χ0v) is 17.3. The average Bonchev–Trinajstić information content (AvgIpc) is 3.28. The third-order valence-electron chi connectivity index (χ3n) is 5.32. The van der Waals surface area contributed by atoms with Crippen LogP contribution in [0.25, 0.3) is 11.0 Å². The smallest absolute Gasteiger partial charge is 0.325 e. The molecule has 2 aromatic carbocycles. The second-order valence-electron chi connectivity index (χ2n) is 7.45. The van der Waals surface area contributed by atoms with Gasteiger partial charge in [0.2, 0.25) is 0 Å². The molecule has 0 radical (unpaired) electrons. The number of thioether (sulfide) groups is 1. The molecule has 0 spiro atoms. The zero-order valence-electron chi connectivity index (χ0n) is 16.5. The Balaban J connectivity index is 1.50. The number of benzene rings is 2. The Morgan fingerprint density at radius 3 is 2.73 bits per heavy atom. The number of aliphatic imine (C=N–C) groups is 1. The standard InChI is InChI=1S/C21H20N6O2S/c1-12-8-9-14-15(10-12)23-19(22-14)30-21-24-17-16(18(28)25-20(29)26(17)2)27(21)11-13-6-4-3-5-7-13/h3-10,16-17H,11H2,1-2H3,(H,22,23)(H,25,28,29). The molecule has 0 bridgehead atoms. The lowest BCUT2D eigenvalue weighted by atomic mass is 10.1. The fraction of sp³-hybridized carbons (Fsp3) is 0.238. The molecule has 1 fully saturated rings. The van der Waals surface area contributed by atoms with Crippen LogP contribution in [0.15, 0.2) is 58.7 Å². The van der Waals surface area contributed by atoms with E-state index in [2.05, 4.69) is 15.3 Å². The van der Waals surface area contributed by atoms with Gasteiger partial charge in [0.15, 0.2) is 22.5 Å². The number of amides is 3. The molecule has 9 heteroatoms. The second kappa shape index (κ2) is 7.17. The molecule has 3 heterocycles. The minimum atomic E-state index is -0.581. The largest absolute Gasteiger partial charge is 0.333 e. The van der Waals surface area contributed by atoms with Crippen molar-refractivity contribution in [1.82, 2.24) is 25.1 Å². The quantitative estimate of drug-likeness (QED) is 0.680. The lowest BCUT2D eigenvalue weighted by Gasteiger charge is -2.36. The number of likely N-dealkylation sites (N-methyl/N-ethyl adjacent to an activating group) is 1. The number of hydrogen-bond acceptors (Lipinski definition) is 6. The van der Waals surface area contributed by atoms with Gasteiger partial charge >= 0.3 is 6.03 Å². The number of urea groups is 1. The topological polar surface area (TPSA) is 93.7 Å². The summed E-state index contributed by atoms with van der Waals surface area (Å²) in [6, 6.07) is 14.9. The Kier molecular flexibility index (Phi) is 4.47. The van der Waals surface area contributed by atoms with Crippen LogP contribution in [0.3, 0.4) is 0 Å². The van der Waals surface area contributed by atoms with E-state index in [-0.39, 0.29) is 5.91 Å². The van der Waals surface area contributed by atoms with Gasteiger partial charge in [-0.3, -0.25) is 10.1 Å². The van der Waals surface area contributed by atoms with Crippen molar-refractivity contribution in [3.05, 3.63) is 59.7 Å². The fourth-order valence-electron chi connectivity index (χ4n) is 3.77. The van der Waals surface area contributed by atoms with E-state index in [1.165, 1.54) is 16.7 Å². The maximum atomic E-state index is 12.7. The highest BCUT2D eigenvalue weighted by Crippen LogP contribution is 2.33. The number of amidine groups is 1. The van der Waals surface area contributed by atoms with E-state index in [1.54, 1.807) is 7.05 Å². The van der Waals surface area contributed by atoms with Gasteiger partial charge in [-0.25, -0.2) is 14.8 Å². The molecule has 2 N–H and O–H groups in total. The molecule has 0 aliphatic carbocycles. The number of nitrogens with one attached hydrogen (secondary N) is 2. The maximum absolute atomic E-state index is 12.7. The number of aromatic amines is 1. The van der Waals surface area contributed by atoms with Crippen LogP contribution < -0.4 is 5.32 Å². The summed E-state index contributed by atoms with van der Waals surface area (Å²) in [5.41, 5.74) is 4.03. The highest BCUT2D eigenvalue weighted by Gasteiger charge is 2.48. The summed E-state index contributed by atoms with van der Waals surface area (Å²) < 4.78 is 0. The maximum Gasteiger partial charge on any atom is 0.325 e. The predicted molar refractivity (Wildman–Crippen MR) is 115 cm³/mol. The van der Waals surface area contributed by atoms with E-state index in [9.17, 15) is 9.59 Å². The summed E-state index contributed by atoms with van der Waals surface area (Å²) in [6.45, 7) is 2.54. The van der Waals surface area contributed by atoms with E-state index in [0.717, 1.165) is 22.2 Å². The first-order valence-electron chi connectivity index (χ1n) is 9.60. The molecule has 2 aliphatic heterocycles. The van der Waals surface area contributed by atoms with Crippen LogP contribution >= 0.6 is 11.8 Å². The molecular weight excluding hydrogens is 400 g/mol. The van der Waals surface area contributed by atoms with Crippen molar-refractivity contribution in [2.75, 3.05) is 7.05 Å². The summed E-state index contributed by atoms with van der Waals surface area (Å²) >= 11 is 1.37. The van der Waals surface area contributed by atoms with Crippen LogP contribution in [-0.2, 0) is 11.3 Å². The number of aromatic nitrogens is 2. The Labute approximate surface area is 177 Å². The van der Waals surface area contributed by atoms with Crippen LogP contribution in [0.5, 0.6) is 0 Å². The monoisotopic (exact) mass is 420 g/mol.